The van der Waals surface area contributed by atoms with Gasteiger partial charge in [-0.3, -0.25) is 14.9 Å². The van der Waals surface area contributed by atoms with Crippen molar-refractivity contribution in [3.8, 4) is 5.75 Å². The minimum absolute atomic E-state index is 0.0525. The fourth-order valence-electron chi connectivity index (χ4n) is 3.11. The number of halogens is 1. The smallest absolute Gasteiger partial charge is 0.269 e. The number of rotatable bonds is 9. The predicted octanol–water partition coefficient (Wildman–Crippen LogP) is 5.47. The molecule has 8 nitrogen and oxygen atoms in total. The van der Waals surface area contributed by atoms with Crippen molar-refractivity contribution in [3.63, 3.8) is 0 Å². The molecule has 1 heterocycles. The predicted molar refractivity (Wildman–Crippen MR) is 131 cm³/mol. The molecule has 0 N–H and O–H groups in total. The van der Waals surface area contributed by atoms with Crippen LogP contribution in [0.2, 0.25) is 0 Å². The van der Waals surface area contributed by atoms with E-state index in [2.05, 4.69) is 26.2 Å². The minimum atomic E-state index is -0.500. The Morgan fingerprint density at radius 1 is 1.03 bits per heavy atom. The van der Waals surface area contributed by atoms with E-state index in [-0.39, 0.29) is 18.1 Å². The molecule has 0 aliphatic carbocycles. The van der Waals surface area contributed by atoms with Crippen LogP contribution in [-0.2, 0) is 13.2 Å². The van der Waals surface area contributed by atoms with Crippen LogP contribution in [0.15, 0.2) is 89.5 Å². The molecule has 34 heavy (non-hydrogen) atoms. The Kier molecular flexibility index (Phi) is 7.24. The van der Waals surface area contributed by atoms with E-state index in [0.29, 0.717) is 17.9 Å². The van der Waals surface area contributed by atoms with Gasteiger partial charge in [0.25, 0.3) is 5.69 Å². The number of hydrogen-bond acceptors (Lipinski definition) is 6. The molecule has 9 heteroatoms. The van der Waals surface area contributed by atoms with Crippen LogP contribution < -0.4 is 4.74 Å². The van der Waals surface area contributed by atoms with Gasteiger partial charge < -0.3 is 4.74 Å². The number of hydrogen-bond donors (Lipinski definition) is 0. The molecule has 0 spiro atoms. The van der Waals surface area contributed by atoms with Crippen LogP contribution in [0.4, 0.5) is 5.69 Å². The number of nitrogens with zero attached hydrogens (tertiary/aromatic N) is 4. The lowest BCUT2D eigenvalue weighted by Crippen LogP contribution is -2.00. The van der Waals surface area contributed by atoms with Crippen LogP contribution in [0.5, 0.6) is 5.75 Å². The molecule has 0 bridgehead atoms. The highest BCUT2D eigenvalue weighted by atomic mass is 79.9. The first kappa shape index (κ1) is 23.1. The van der Waals surface area contributed by atoms with Gasteiger partial charge >= 0.3 is 0 Å². The molecule has 4 aromatic rings. The number of nitro benzene ring substituents is 1. The van der Waals surface area contributed by atoms with Crippen molar-refractivity contribution in [1.82, 2.24) is 15.0 Å². The third-order valence-corrected chi connectivity index (χ3v) is 5.43. The van der Waals surface area contributed by atoms with Crippen LogP contribution >= 0.6 is 15.9 Å². The number of benzene rings is 3. The Hall–Kier alpha value is -4.11. The zero-order valence-corrected chi connectivity index (χ0v) is 19.5. The Bertz CT molecular complexity index is 1310. The summed E-state index contributed by atoms with van der Waals surface area (Å²) in [5.74, 6) is 0.433. The van der Waals surface area contributed by atoms with Crippen molar-refractivity contribution in [3.05, 3.63) is 122 Å². The topological polar surface area (TPSA) is 100 Å². The van der Waals surface area contributed by atoms with Gasteiger partial charge in [-0.1, -0.05) is 51.5 Å². The van der Waals surface area contributed by atoms with Crippen LogP contribution in [-0.4, -0.2) is 25.7 Å². The molecule has 170 valence electrons. The summed E-state index contributed by atoms with van der Waals surface area (Å²) in [6.07, 6.45) is 4.96. The third-order valence-electron chi connectivity index (χ3n) is 4.90. The van der Waals surface area contributed by atoms with E-state index in [0.717, 1.165) is 21.3 Å². The highest BCUT2D eigenvalue weighted by Gasteiger charge is 2.07. The van der Waals surface area contributed by atoms with Gasteiger partial charge in [0, 0.05) is 22.2 Å². The highest BCUT2D eigenvalue weighted by molar-refractivity contribution is 9.10. The van der Waals surface area contributed by atoms with Gasteiger partial charge in [-0.2, -0.15) is 0 Å². The normalized spacial score (nSPS) is 11.0. The number of ether oxygens (including phenoxy) is 1. The molecule has 0 aliphatic heterocycles. The monoisotopic (exact) mass is 518 g/mol. The number of carbonyl (C=O) groups excluding carboxylic acids is 1. The molecule has 0 saturated heterocycles. The summed E-state index contributed by atoms with van der Waals surface area (Å²) in [7, 11) is 0. The SMILES string of the molecule is O=C(/C=C/c1ccc(OCc2cn(Cc3ccc(Br)cc3)nn2)cc1)c1ccc([N+](=O)[O-])cc1. The van der Waals surface area contributed by atoms with Crippen molar-refractivity contribution in [2.24, 2.45) is 0 Å². The Labute approximate surface area is 203 Å². The second kappa shape index (κ2) is 10.7. The maximum Gasteiger partial charge on any atom is 0.269 e. The van der Waals surface area contributed by atoms with Crippen LogP contribution in [0.3, 0.4) is 0 Å². The maximum atomic E-state index is 12.3. The fraction of sp³-hybridized carbons (Fsp3) is 0.0800. The van der Waals surface area contributed by atoms with E-state index in [1.165, 1.54) is 30.3 Å². The molecule has 0 radical (unpaired) electrons. The lowest BCUT2D eigenvalue weighted by molar-refractivity contribution is -0.384. The number of ketones is 1. The fourth-order valence-corrected chi connectivity index (χ4v) is 3.37. The van der Waals surface area contributed by atoms with E-state index < -0.39 is 4.92 Å². The average Bonchev–Trinajstić information content (AvgIpc) is 3.30. The second-order valence-electron chi connectivity index (χ2n) is 7.39. The van der Waals surface area contributed by atoms with Crippen molar-refractivity contribution in [1.29, 1.82) is 0 Å². The van der Waals surface area contributed by atoms with Crippen LogP contribution in [0.1, 0.15) is 27.2 Å². The molecule has 3 aromatic carbocycles. The number of allylic oxidation sites excluding steroid dienone is 1. The lowest BCUT2D eigenvalue weighted by atomic mass is 10.1. The summed E-state index contributed by atoms with van der Waals surface area (Å²) in [6.45, 7) is 0.911. The molecule has 0 amide bonds. The number of non-ortho nitro benzene ring substituents is 1. The molecule has 0 fully saturated rings. The first-order valence-corrected chi connectivity index (χ1v) is 11.1. The van der Waals surface area contributed by atoms with Gasteiger partial charge in [0.15, 0.2) is 5.78 Å². The van der Waals surface area contributed by atoms with E-state index in [9.17, 15) is 14.9 Å². The second-order valence-corrected chi connectivity index (χ2v) is 8.31. The Morgan fingerprint density at radius 3 is 2.41 bits per heavy atom. The van der Waals surface area contributed by atoms with Crippen molar-refractivity contribution in [2.45, 2.75) is 13.2 Å². The molecule has 4 rings (SSSR count). The van der Waals surface area contributed by atoms with Gasteiger partial charge in [-0.15, -0.1) is 5.10 Å². The average molecular weight is 519 g/mol. The molecule has 0 atom stereocenters. The molecule has 0 saturated carbocycles. The largest absolute Gasteiger partial charge is 0.487 e. The summed E-state index contributed by atoms with van der Waals surface area (Å²) < 4.78 is 8.57. The van der Waals surface area contributed by atoms with Gasteiger partial charge in [0.1, 0.15) is 18.1 Å². The van der Waals surface area contributed by atoms with Gasteiger partial charge in [0.2, 0.25) is 0 Å². The summed E-state index contributed by atoms with van der Waals surface area (Å²) in [5.41, 5.74) is 2.99. The summed E-state index contributed by atoms with van der Waals surface area (Å²) in [5, 5.41) is 19.0. The summed E-state index contributed by atoms with van der Waals surface area (Å²) in [4.78, 5) is 22.5. The number of nitro groups is 1. The summed E-state index contributed by atoms with van der Waals surface area (Å²) >= 11 is 3.42. The molecular weight excluding hydrogens is 500 g/mol. The number of carbonyl (C=O) groups is 1. The summed E-state index contributed by atoms with van der Waals surface area (Å²) in [6, 6.07) is 20.8. The molecular formula is C25H19BrN4O4. The Balaban J connectivity index is 1.29. The standard InChI is InChI=1S/C25H19BrN4O4/c26-21-8-1-19(2-9-21)15-29-16-22(27-28-29)17-34-24-12-3-18(4-13-24)5-14-25(31)20-6-10-23(11-7-20)30(32)33/h1-14,16H,15,17H2/b14-5+. The van der Waals surface area contributed by atoms with Crippen molar-refractivity contribution < 1.29 is 14.5 Å². The molecule has 0 unspecified atom stereocenters. The van der Waals surface area contributed by atoms with Gasteiger partial charge in [-0.25, -0.2) is 4.68 Å². The van der Waals surface area contributed by atoms with E-state index in [1.807, 2.05) is 54.7 Å². The number of aromatic nitrogens is 3. The maximum absolute atomic E-state index is 12.3. The molecule has 0 aliphatic rings. The highest BCUT2D eigenvalue weighted by Crippen LogP contribution is 2.17. The zero-order chi connectivity index (χ0) is 23.9. The Morgan fingerprint density at radius 2 is 1.74 bits per heavy atom. The van der Waals surface area contributed by atoms with Crippen LogP contribution in [0.25, 0.3) is 6.08 Å². The van der Waals surface area contributed by atoms with E-state index >= 15 is 0 Å². The van der Waals surface area contributed by atoms with Crippen molar-refractivity contribution >= 4 is 33.5 Å². The van der Waals surface area contributed by atoms with Crippen molar-refractivity contribution in [2.75, 3.05) is 0 Å². The lowest BCUT2D eigenvalue weighted by Gasteiger charge is -2.04. The first-order valence-electron chi connectivity index (χ1n) is 10.3. The quantitative estimate of drug-likeness (QED) is 0.126. The van der Waals surface area contributed by atoms with Crippen LogP contribution in [0, 0.1) is 10.1 Å². The van der Waals surface area contributed by atoms with Gasteiger partial charge in [-0.05, 0) is 53.6 Å². The van der Waals surface area contributed by atoms with E-state index in [1.54, 1.807) is 10.8 Å². The third kappa shape index (κ3) is 6.23. The molecule has 1 aromatic heterocycles. The zero-order valence-electron chi connectivity index (χ0n) is 17.9. The van der Waals surface area contributed by atoms with Gasteiger partial charge in [0.05, 0.1) is 17.7 Å². The minimum Gasteiger partial charge on any atom is -0.487 e. The van der Waals surface area contributed by atoms with E-state index in [4.69, 9.17) is 4.74 Å². The first-order chi connectivity index (χ1) is 16.5.